The molecule has 3 atom stereocenters. The fourth-order valence-corrected chi connectivity index (χ4v) is 7.87. The van der Waals surface area contributed by atoms with E-state index in [1.165, 1.54) is 12.1 Å². The van der Waals surface area contributed by atoms with E-state index in [1.54, 1.807) is 17.4 Å². The Kier molecular flexibility index (Phi) is 8.40. The fourth-order valence-electron chi connectivity index (χ4n) is 7.22. The number of nitrogens with one attached hydrogen (secondary N) is 2. The molecule has 1 aromatic carbocycles. The molecule has 4 heterocycles. The Bertz CT molecular complexity index is 1390. The summed E-state index contributed by atoms with van der Waals surface area (Å²) < 4.78 is 29.2. The van der Waals surface area contributed by atoms with Gasteiger partial charge in [0.1, 0.15) is 11.6 Å². The van der Waals surface area contributed by atoms with E-state index in [9.17, 15) is 18.7 Å². The number of benzene rings is 1. The first-order valence-corrected chi connectivity index (χ1v) is 15.6. The number of hydrogen-bond donors (Lipinski definition) is 3. The van der Waals surface area contributed by atoms with Gasteiger partial charge in [-0.05, 0) is 62.4 Å². The quantitative estimate of drug-likeness (QED) is 0.380. The standard InChI is InChI=1S/C31H39F2N5O2S/c1-34-24-6-10-38(28(15-24)25-14-23(32)4-5-26(25)33)30(40)36-11-12-37(31(20-36)8-2-3-9-31)18-22-17-35-27(16-29(22)39)21-7-13-41-19-21/h4-5,7,13-14,16-17,19,24,28,30,34,40H,2-3,6,8-12,15,18,20H2,1H3,(H,35,39)/t24?,28-,30?/m0/s1. The number of H-pyrrole nitrogens is 1. The number of halogens is 2. The number of piperidine rings is 1. The van der Waals surface area contributed by atoms with Gasteiger partial charge in [0, 0.05) is 84.7 Å². The number of rotatable bonds is 7. The lowest BCUT2D eigenvalue weighted by atomic mass is 9.89. The van der Waals surface area contributed by atoms with Crippen molar-refractivity contribution in [3.63, 3.8) is 0 Å². The van der Waals surface area contributed by atoms with Crippen molar-refractivity contribution in [2.24, 2.45) is 0 Å². The van der Waals surface area contributed by atoms with Crippen molar-refractivity contribution in [1.82, 2.24) is 25.0 Å². The zero-order valence-electron chi connectivity index (χ0n) is 23.5. The molecule has 1 aliphatic carbocycles. The molecule has 220 valence electrons. The second-order valence-electron chi connectivity index (χ2n) is 11.8. The van der Waals surface area contributed by atoms with Crippen LogP contribution in [0, 0.1) is 11.6 Å². The molecular formula is C31H39F2N5O2S. The molecule has 2 saturated heterocycles. The zero-order chi connectivity index (χ0) is 28.6. The molecule has 3 N–H and O–H groups in total. The molecule has 3 aliphatic rings. The van der Waals surface area contributed by atoms with Gasteiger partial charge in [-0.1, -0.05) is 12.8 Å². The van der Waals surface area contributed by atoms with Crippen molar-refractivity contribution < 1.29 is 13.9 Å². The topological polar surface area (TPSA) is 74.8 Å². The van der Waals surface area contributed by atoms with Crippen LogP contribution in [0.15, 0.2) is 52.1 Å². The minimum absolute atomic E-state index is 0.0351. The molecule has 0 radical (unpaired) electrons. The summed E-state index contributed by atoms with van der Waals surface area (Å²) in [5.41, 5.74) is 2.79. The van der Waals surface area contributed by atoms with Crippen molar-refractivity contribution in [3.05, 3.63) is 80.3 Å². The predicted molar refractivity (Wildman–Crippen MR) is 157 cm³/mol. The third-order valence-corrected chi connectivity index (χ3v) is 10.2. The summed E-state index contributed by atoms with van der Waals surface area (Å²) in [6.07, 6.45) is 6.57. The van der Waals surface area contributed by atoms with Crippen LogP contribution in [-0.2, 0) is 6.54 Å². The average Bonchev–Trinajstić information content (AvgIpc) is 3.69. The Hall–Kier alpha value is -2.47. The van der Waals surface area contributed by atoms with Crippen molar-refractivity contribution in [3.8, 4) is 11.3 Å². The van der Waals surface area contributed by atoms with E-state index in [2.05, 4.69) is 20.1 Å². The molecule has 3 aromatic rings. The summed E-state index contributed by atoms with van der Waals surface area (Å²) in [4.78, 5) is 22.9. The number of aromatic nitrogens is 1. The molecule has 3 fully saturated rings. The molecule has 2 unspecified atom stereocenters. The van der Waals surface area contributed by atoms with Crippen LogP contribution in [-0.4, -0.2) is 75.9 Å². The van der Waals surface area contributed by atoms with Crippen LogP contribution in [0.3, 0.4) is 0 Å². The summed E-state index contributed by atoms with van der Waals surface area (Å²) in [5.74, 6) is -0.919. The summed E-state index contributed by atoms with van der Waals surface area (Å²) in [6, 6.07) is 7.01. The van der Waals surface area contributed by atoms with Crippen LogP contribution in [0.1, 0.15) is 55.7 Å². The normalized spacial score (nSPS) is 24.7. The largest absolute Gasteiger partial charge is 0.365 e. The molecular weight excluding hydrogens is 544 g/mol. The molecule has 7 nitrogen and oxygen atoms in total. The van der Waals surface area contributed by atoms with E-state index in [0.29, 0.717) is 38.2 Å². The lowest BCUT2D eigenvalue weighted by Gasteiger charge is -2.53. The second-order valence-corrected chi connectivity index (χ2v) is 12.6. The first-order valence-electron chi connectivity index (χ1n) is 14.7. The minimum Gasteiger partial charge on any atom is -0.365 e. The molecule has 41 heavy (non-hydrogen) atoms. The number of aliphatic hydroxyl groups is 1. The maximum absolute atomic E-state index is 15.0. The van der Waals surface area contributed by atoms with Gasteiger partial charge in [-0.15, -0.1) is 0 Å². The molecule has 1 spiro atoms. The third kappa shape index (κ3) is 5.78. The van der Waals surface area contributed by atoms with Gasteiger partial charge in [0.15, 0.2) is 11.8 Å². The van der Waals surface area contributed by atoms with Gasteiger partial charge in [0.2, 0.25) is 0 Å². The van der Waals surface area contributed by atoms with Crippen LogP contribution < -0.4 is 10.7 Å². The summed E-state index contributed by atoms with van der Waals surface area (Å²) in [5, 5.41) is 19.1. The van der Waals surface area contributed by atoms with E-state index in [4.69, 9.17) is 0 Å². The van der Waals surface area contributed by atoms with E-state index in [1.807, 2.05) is 35.0 Å². The van der Waals surface area contributed by atoms with Gasteiger partial charge in [-0.2, -0.15) is 11.3 Å². The highest BCUT2D eigenvalue weighted by molar-refractivity contribution is 7.08. The fraction of sp³-hybridized carbons (Fsp3) is 0.516. The van der Waals surface area contributed by atoms with Gasteiger partial charge >= 0.3 is 0 Å². The summed E-state index contributed by atoms with van der Waals surface area (Å²) in [6.45, 7) is 3.15. The average molecular weight is 584 g/mol. The van der Waals surface area contributed by atoms with E-state index in [-0.39, 0.29) is 17.0 Å². The molecule has 6 rings (SSSR count). The molecule has 0 amide bonds. The maximum Gasteiger partial charge on any atom is 0.186 e. The van der Waals surface area contributed by atoms with E-state index < -0.39 is 24.0 Å². The lowest BCUT2D eigenvalue weighted by Crippen LogP contribution is -2.65. The van der Waals surface area contributed by atoms with Crippen molar-refractivity contribution in [2.75, 3.05) is 33.2 Å². The third-order valence-electron chi connectivity index (χ3n) is 9.54. The predicted octanol–water partition coefficient (Wildman–Crippen LogP) is 4.51. The Balaban J connectivity index is 1.21. The van der Waals surface area contributed by atoms with Crippen molar-refractivity contribution in [1.29, 1.82) is 0 Å². The monoisotopic (exact) mass is 583 g/mol. The highest BCUT2D eigenvalue weighted by Crippen LogP contribution is 2.41. The lowest BCUT2D eigenvalue weighted by molar-refractivity contribution is -0.171. The van der Waals surface area contributed by atoms with Gasteiger partial charge in [-0.25, -0.2) is 8.78 Å². The highest BCUT2D eigenvalue weighted by atomic mass is 32.1. The van der Waals surface area contributed by atoms with Crippen LogP contribution in [0.25, 0.3) is 11.3 Å². The first kappa shape index (κ1) is 28.6. The van der Waals surface area contributed by atoms with Crippen LogP contribution >= 0.6 is 11.3 Å². The van der Waals surface area contributed by atoms with E-state index >= 15 is 0 Å². The van der Waals surface area contributed by atoms with Gasteiger partial charge in [-0.3, -0.25) is 19.5 Å². The summed E-state index contributed by atoms with van der Waals surface area (Å²) in [7, 11) is 1.89. The molecule has 2 aliphatic heterocycles. The number of likely N-dealkylation sites (tertiary alicyclic amines) is 1. The van der Waals surface area contributed by atoms with Crippen molar-refractivity contribution >= 4 is 11.3 Å². The number of aromatic amines is 1. The Morgan fingerprint density at radius 1 is 1.17 bits per heavy atom. The van der Waals surface area contributed by atoms with Crippen LogP contribution in [0.5, 0.6) is 0 Å². The van der Waals surface area contributed by atoms with Crippen molar-refractivity contribution in [2.45, 2.75) is 69.0 Å². The van der Waals surface area contributed by atoms with Gasteiger partial charge < -0.3 is 15.4 Å². The maximum atomic E-state index is 15.0. The SMILES string of the molecule is CNC1CCN(C(O)N2CCN(Cc3c[nH]c(-c4ccsc4)cc3=O)C3(CCCC3)C2)[C@H](c2cc(F)ccc2F)C1. The smallest absolute Gasteiger partial charge is 0.186 e. The van der Waals surface area contributed by atoms with E-state index in [0.717, 1.165) is 61.5 Å². The Morgan fingerprint density at radius 3 is 2.73 bits per heavy atom. The van der Waals surface area contributed by atoms with Crippen LogP contribution in [0.2, 0.25) is 0 Å². The second kappa shape index (κ2) is 12.0. The molecule has 1 saturated carbocycles. The minimum atomic E-state index is -0.909. The van der Waals surface area contributed by atoms with Crippen LogP contribution in [0.4, 0.5) is 8.78 Å². The number of pyridine rings is 1. The highest BCUT2D eigenvalue weighted by Gasteiger charge is 2.47. The number of nitrogens with zero attached hydrogens (tertiary/aromatic N) is 3. The number of hydrogen-bond acceptors (Lipinski definition) is 7. The first-order chi connectivity index (χ1) is 19.9. The molecule has 10 heteroatoms. The number of thiophene rings is 1. The zero-order valence-corrected chi connectivity index (χ0v) is 24.3. The molecule has 0 bridgehead atoms. The summed E-state index contributed by atoms with van der Waals surface area (Å²) >= 11 is 1.60. The number of piperazine rings is 1. The van der Waals surface area contributed by atoms with Gasteiger partial charge in [0.25, 0.3) is 0 Å². The Morgan fingerprint density at radius 2 is 2.00 bits per heavy atom. The Labute approximate surface area is 243 Å². The molecule has 2 aromatic heterocycles. The number of aliphatic hydroxyl groups excluding tert-OH is 1. The van der Waals surface area contributed by atoms with Gasteiger partial charge in [0.05, 0.1) is 5.69 Å².